The van der Waals surface area contributed by atoms with Gasteiger partial charge in [-0.3, -0.25) is 9.78 Å². The van der Waals surface area contributed by atoms with Gasteiger partial charge in [-0.2, -0.15) is 13.2 Å². The molecule has 0 unspecified atom stereocenters. The number of rotatable bonds is 5. The summed E-state index contributed by atoms with van der Waals surface area (Å²) in [5.41, 5.74) is -0.247. The fourth-order valence-corrected chi connectivity index (χ4v) is 2.74. The van der Waals surface area contributed by atoms with Crippen molar-refractivity contribution in [3.05, 3.63) is 65.1 Å². The predicted molar refractivity (Wildman–Crippen MR) is 90.0 cm³/mol. The van der Waals surface area contributed by atoms with E-state index in [1.165, 1.54) is 42.1 Å². The molecule has 3 rings (SSSR count). The van der Waals surface area contributed by atoms with Crippen LogP contribution in [-0.4, -0.2) is 20.9 Å². The van der Waals surface area contributed by atoms with Gasteiger partial charge in [0.1, 0.15) is 5.69 Å². The summed E-state index contributed by atoms with van der Waals surface area (Å²) < 4.78 is 38.1. The Morgan fingerprint density at radius 3 is 2.81 bits per heavy atom. The van der Waals surface area contributed by atoms with E-state index in [9.17, 15) is 18.0 Å². The van der Waals surface area contributed by atoms with Crippen LogP contribution in [0.1, 0.15) is 21.6 Å². The number of amides is 1. The van der Waals surface area contributed by atoms with Crippen molar-refractivity contribution in [2.75, 3.05) is 5.32 Å². The van der Waals surface area contributed by atoms with Crippen molar-refractivity contribution in [1.29, 1.82) is 0 Å². The Hall–Kier alpha value is -3.01. The molecule has 0 fully saturated rings. The van der Waals surface area contributed by atoms with Gasteiger partial charge in [0.2, 0.25) is 0 Å². The van der Waals surface area contributed by atoms with Crippen LogP contribution in [0.2, 0.25) is 0 Å². The predicted octanol–water partition coefficient (Wildman–Crippen LogP) is 3.63. The fourth-order valence-electron chi connectivity index (χ4n) is 2.04. The van der Waals surface area contributed by atoms with E-state index in [0.717, 1.165) is 12.1 Å². The van der Waals surface area contributed by atoms with Gasteiger partial charge in [-0.05, 0) is 17.7 Å². The summed E-state index contributed by atoms with van der Waals surface area (Å²) >= 11 is 1.20. The SMILES string of the molecule is O=C(NCc1cccc(C(F)(F)F)c1)c1csc(Nc2cnccn2)n1. The molecule has 10 heteroatoms. The Balaban J connectivity index is 1.61. The molecule has 3 aromatic rings. The van der Waals surface area contributed by atoms with Gasteiger partial charge in [0.25, 0.3) is 5.91 Å². The quantitative estimate of drug-likeness (QED) is 0.708. The molecule has 0 saturated heterocycles. The molecule has 0 saturated carbocycles. The average Bonchev–Trinajstić information content (AvgIpc) is 3.09. The standard InChI is InChI=1S/C16H12F3N5OS/c17-16(18,19)11-3-1-2-10(6-11)7-22-14(25)12-9-26-15(23-12)24-13-8-20-4-5-21-13/h1-6,8-9H,7H2,(H,22,25)(H,21,23,24). The zero-order valence-corrected chi connectivity index (χ0v) is 13.9. The van der Waals surface area contributed by atoms with E-state index in [0.29, 0.717) is 16.5 Å². The van der Waals surface area contributed by atoms with Gasteiger partial charge in [0.05, 0.1) is 11.8 Å². The van der Waals surface area contributed by atoms with Crippen LogP contribution in [-0.2, 0) is 12.7 Å². The lowest BCUT2D eigenvalue weighted by molar-refractivity contribution is -0.137. The number of thiazole rings is 1. The molecule has 1 aromatic carbocycles. The molecule has 2 N–H and O–H groups in total. The first kappa shape index (κ1) is 17.8. The summed E-state index contributed by atoms with van der Waals surface area (Å²) in [5, 5.41) is 7.45. The van der Waals surface area contributed by atoms with Crippen molar-refractivity contribution in [1.82, 2.24) is 20.3 Å². The third-order valence-electron chi connectivity index (χ3n) is 3.24. The van der Waals surface area contributed by atoms with Crippen molar-refractivity contribution >= 4 is 28.2 Å². The Labute approximate surface area is 150 Å². The molecule has 1 amide bonds. The highest BCUT2D eigenvalue weighted by atomic mass is 32.1. The molecule has 2 heterocycles. The third-order valence-corrected chi connectivity index (χ3v) is 4.00. The van der Waals surface area contributed by atoms with Crippen molar-refractivity contribution in [2.45, 2.75) is 12.7 Å². The van der Waals surface area contributed by atoms with Gasteiger partial charge in [0, 0.05) is 24.3 Å². The van der Waals surface area contributed by atoms with Crippen molar-refractivity contribution in [3.8, 4) is 0 Å². The number of aromatic nitrogens is 3. The second-order valence-electron chi connectivity index (χ2n) is 5.13. The minimum atomic E-state index is -4.42. The fraction of sp³-hybridized carbons (Fsp3) is 0.125. The highest BCUT2D eigenvalue weighted by molar-refractivity contribution is 7.14. The largest absolute Gasteiger partial charge is 0.416 e. The maximum absolute atomic E-state index is 12.7. The maximum atomic E-state index is 12.7. The number of hydrogen-bond donors (Lipinski definition) is 2. The van der Waals surface area contributed by atoms with Crippen LogP contribution in [0.15, 0.2) is 48.2 Å². The number of nitrogens with zero attached hydrogens (tertiary/aromatic N) is 3. The molecule has 0 aliphatic rings. The molecule has 0 bridgehead atoms. The van der Waals surface area contributed by atoms with E-state index < -0.39 is 17.6 Å². The van der Waals surface area contributed by atoms with E-state index in [2.05, 4.69) is 25.6 Å². The summed E-state index contributed by atoms with van der Waals surface area (Å²) in [6, 6.07) is 4.80. The molecule has 0 spiro atoms. The second kappa shape index (κ2) is 7.48. The Morgan fingerprint density at radius 2 is 2.08 bits per heavy atom. The number of anilines is 2. The number of nitrogens with one attached hydrogen (secondary N) is 2. The molecule has 2 aromatic heterocycles. The molecular formula is C16H12F3N5OS. The molecule has 0 aliphatic heterocycles. The van der Waals surface area contributed by atoms with Crippen LogP contribution in [0.3, 0.4) is 0 Å². The minimum absolute atomic E-state index is 0.0345. The van der Waals surface area contributed by atoms with E-state index in [4.69, 9.17) is 0 Å². The molecule has 0 aliphatic carbocycles. The highest BCUT2D eigenvalue weighted by Gasteiger charge is 2.30. The Kier molecular flexibility index (Phi) is 5.12. The van der Waals surface area contributed by atoms with Gasteiger partial charge in [-0.1, -0.05) is 12.1 Å². The van der Waals surface area contributed by atoms with E-state index >= 15 is 0 Å². The van der Waals surface area contributed by atoms with Crippen molar-refractivity contribution in [3.63, 3.8) is 0 Å². The van der Waals surface area contributed by atoms with Crippen molar-refractivity contribution in [2.24, 2.45) is 0 Å². The molecule has 0 atom stereocenters. The lowest BCUT2D eigenvalue weighted by atomic mass is 10.1. The molecule has 26 heavy (non-hydrogen) atoms. The first-order chi connectivity index (χ1) is 12.4. The van der Waals surface area contributed by atoms with Gasteiger partial charge in [-0.15, -0.1) is 11.3 Å². The molecule has 6 nitrogen and oxygen atoms in total. The van der Waals surface area contributed by atoms with Gasteiger partial charge < -0.3 is 10.6 Å². The second-order valence-corrected chi connectivity index (χ2v) is 5.99. The zero-order chi connectivity index (χ0) is 18.6. The lowest BCUT2D eigenvalue weighted by Gasteiger charge is -2.09. The summed E-state index contributed by atoms with van der Waals surface area (Å²) in [6.45, 7) is -0.0345. The maximum Gasteiger partial charge on any atom is 0.416 e. The molecule has 134 valence electrons. The number of carbonyl (C=O) groups excluding carboxylic acids is 1. The Morgan fingerprint density at radius 1 is 1.23 bits per heavy atom. The van der Waals surface area contributed by atoms with E-state index in [1.54, 1.807) is 5.38 Å². The number of alkyl halides is 3. The number of hydrogen-bond acceptors (Lipinski definition) is 6. The Bertz CT molecular complexity index is 898. The first-order valence-electron chi connectivity index (χ1n) is 7.35. The molecular weight excluding hydrogens is 367 g/mol. The summed E-state index contributed by atoms with van der Waals surface area (Å²) in [7, 11) is 0. The van der Waals surface area contributed by atoms with Crippen LogP contribution in [0.5, 0.6) is 0 Å². The zero-order valence-electron chi connectivity index (χ0n) is 13.1. The van der Waals surface area contributed by atoms with Gasteiger partial charge >= 0.3 is 6.18 Å². The highest BCUT2D eigenvalue weighted by Crippen LogP contribution is 2.29. The summed E-state index contributed by atoms with van der Waals surface area (Å²) in [5.74, 6) is 0.00336. The smallest absolute Gasteiger partial charge is 0.347 e. The monoisotopic (exact) mass is 379 g/mol. The van der Waals surface area contributed by atoms with Gasteiger partial charge in [0.15, 0.2) is 10.9 Å². The van der Waals surface area contributed by atoms with Crippen LogP contribution in [0.4, 0.5) is 24.1 Å². The van der Waals surface area contributed by atoms with Crippen LogP contribution in [0.25, 0.3) is 0 Å². The van der Waals surface area contributed by atoms with Crippen molar-refractivity contribution < 1.29 is 18.0 Å². The van der Waals surface area contributed by atoms with E-state index in [-0.39, 0.29) is 12.2 Å². The number of halogens is 3. The van der Waals surface area contributed by atoms with Crippen LogP contribution < -0.4 is 10.6 Å². The normalized spacial score (nSPS) is 11.2. The third kappa shape index (κ3) is 4.54. The van der Waals surface area contributed by atoms with Crippen LogP contribution >= 0.6 is 11.3 Å². The number of carbonyl (C=O) groups is 1. The van der Waals surface area contributed by atoms with Gasteiger partial charge in [-0.25, -0.2) is 9.97 Å². The first-order valence-corrected chi connectivity index (χ1v) is 8.23. The van der Waals surface area contributed by atoms with Crippen LogP contribution in [0, 0.1) is 0 Å². The lowest BCUT2D eigenvalue weighted by Crippen LogP contribution is -2.23. The summed E-state index contributed by atoms with van der Waals surface area (Å²) in [6.07, 6.45) is 0.128. The van der Waals surface area contributed by atoms with E-state index in [1.807, 2.05) is 0 Å². The minimum Gasteiger partial charge on any atom is -0.347 e. The molecule has 0 radical (unpaired) electrons. The topological polar surface area (TPSA) is 79.8 Å². The number of benzene rings is 1. The summed E-state index contributed by atoms with van der Waals surface area (Å²) in [4.78, 5) is 24.2. The average molecular weight is 379 g/mol.